The third-order valence-electron chi connectivity index (χ3n) is 3.49. The topological polar surface area (TPSA) is 27.6 Å². The number of benzene rings is 1. The molecular weight excluding hydrogens is 269 g/mol. The SMILES string of the molecule is Clc1ccc2c(c1Cl)CN(CC1=NCCN1)CC2. The Balaban J connectivity index is 1.77. The summed E-state index contributed by atoms with van der Waals surface area (Å²) in [4.78, 5) is 6.79. The Kier molecular flexibility index (Phi) is 3.46. The van der Waals surface area contributed by atoms with Crippen LogP contribution in [0.4, 0.5) is 0 Å². The van der Waals surface area contributed by atoms with Crippen molar-refractivity contribution >= 4 is 29.0 Å². The molecule has 3 rings (SSSR count). The van der Waals surface area contributed by atoms with Gasteiger partial charge in [-0.3, -0.25) is 9.89 Å². The van der Waals surface area contributed by atoms with E-state index in [1.165, 1.54) is 11.1 Å². The number of nitrogens with zero attached hydrogens (tertiary/aromatic N) is 2. The van der Waals surface area contributed by atoms with Gasteiger partial charge >= 0.3 is 0 Å². The summed E-state index contributed by atoms with van der Waals surface area (Å²) in [6.45, 7) is 4.64. The van der Waals surface area contributed by atoms with Crippen molar-refractivity contribution in [2.24, 2.45) is 4.99 Å². The number of nitrogens with one attached hydrogen (secondary N) is 1. The molecular formula is C13H15Cl2N3. The van der Waals surface area contributed by atoms with Crippen molar-refractivity contribution < 1.29 is 0 Å². The Morgan fingerprint density at radius 1 is 1.33 bits per heavy atom. The largest absolute Gasteiger partial charge is 0.371 e. The van der Waals surface area contributed by atoms with Gasteiger partial charge in [0.15, 0.2) is 0 Å². The molecule has 2 aliphatic rings. The standard InChI is InChI=1S/C13H15Cl2N3/c14-11-2-1-9-3-6-18(7-10(9)13(11)15)8-12-16-4-5-17-12/h1-2H,3-8H2,(H,16,17). The Morgan fingerprint density at radius 2 is 2.22 bits per heavy atom. The van der Waals surface area contributed by atoms with Crippen molar-refractivity contribution in [1.29, 1.82) is 0 Å². The van der Waals surface area contributed by atoms with Gasteiger partial charge in [-0.25, -0.2) is 0 Å². The fourth-order valence-corrected chi connectivity index (χ4v) is 2.94. The van der Waals surface area contributed by atoms with Crippen molar-refractivity contribution in [2.45, 2.75) is 13.0 Å². The van der Waals surface area contributed by atoms with Gasteiger partial charge < -0.3 is 5.32 Å². The van der Waals surface area contributed by atoms with Crippen molar-refractivity contribution in [3.8, 4) is 0 Å². The minimum absolute atomic E-state index is 0.647. The van der Waals surface area contributed by atoms with E-state index in [0.717, 1.165) is 45.0 Å². The molecule has 96 valence electrons. The number of amidine groups is 1. The van der Waals surface area contributed by atoms with Crippen LogP contribution in [-0.4, -0.2) is 36.9 Å². The molecule has 0 fully saturated rings. The molecule has 0 saturated heterocycles. The van der Waals surface area contributed by atoms with Crippen LogP contribution in [0.1, 0.15) is 11.1 Å². The fourth-order valence-electron chi connectivity index (χ4n) is 2.52. The van der Waals surface area contributed by atoms with Gasteiger partial charge in [0.05, 0.1) is 23.1 Å². The lowest BCUT2D eigenvalue weighted by Gasteiger charge is -2.29. The van der Waals surface area contributed by atoms with Crippen LogP contribution in [0.25, 0.3) is 0 Å². The van der Waals surface area contributed by atoms with Crippen LogP contribution >= 0.6 is 23.2 Å². The zero-order chi connectivity index (χ0) is 12.5. The summed E-state index contributed by atoms with van der Waals surface area (Å²) >= 11 is 12.4. The van der Waals surface area contributed by atoms with Gasteiger partial charge in [-0.1, -0.05) is 29.3 Å². The lowest BCUT2D eigenvalue weighted by molar-refractivity contribution is 0.288. The van der Waals surface area contributed by atoms with Crippen molar-refractivity contribution in [1.82, 2.24) is 10.2 Å². The molecule has 0 amide bonds. The molecule has 0 bridgehead atoms. The second-order valence-corrected chi connectivity index (χ2v) is 5.50. The highest BCUT2D eigenvalue weighted by molar-refractivity contribution is 6.42. The van der Waals surface area contributed by atoms with E-state index in [2.05, 4.69) is 21.3 Å². The van der Waals surface area contributed by atoms with Gasteiger partial charge in [-0.05, 0) is 23.6 Å². The second kappa shape index (κ2) is 5.08. The lowest BCUT2D eigenvalue weighted by Crippen LogP contribution is -2.38. The molecule has 1 aromatic rings. The van der Waals surface area contributed by atoms with E-state index in [1.54, 1.807) is 0 Å². The quantitative estimate of drug-likeness (QED) is 0.902. The highest BCUT2D eigenvalue weighted by atomic mass is 35.5. The van der Waals surface area contributed by atoms with Crippen molar-refractivity contribution in [2.75, 3.05) is 26.2 Å². The summed E-state index contributed by atoms with van der Waals surface area (Å²) < 4.78 is 0. The molecule has 1 aromatic carbocycles. The Bertz CT molecular complexity index is 499. The zero-order valence-electron chi connectivity index (χ0n) is 10.0. The number of hydrogen-bond donors (Lipinski definition) is 1. The minimum Gasteiger partial charge on any atom is -0.371 e. The van der Waals surface area contributed by atoms with Crippen LogP contribution in [0.2, 0.25) is 10.0 Å². The van der Waals surface area contributed by atoms with Gasteiger partial charge in [0, 0.05) is 19.6 Å². The molecule has 5 heteroatoms. The van der Waals surface area contributed by atoms with Crippen LogP contribution in [0.3, 0.4) is 0 Å². The maximum atomic E-state index is 6.29. The first-order valence-corrected chi connectivity index (χ1v) is 6.95. The molecule has 0 aliphatic carbocycles. The summed E-state index contributed by atoms with van der Waals surface area (Å²) in [7, 11) is 0. The Morgan fingerprint density at radius 3 is 3.00 bits per heavy atom. The molecule has 0 spiro atoms. The molecule has 0 atom stereocenters. The van der Waals surface area contributed by atoms with Crippen LogP contribution in [0.5, 0.6) is 0 Å². The van der Waals surface area contributed by atoms with Gasteiger partial charge in [0.1, 0.15) is 5.84 Å². The minimum atomic E-state index is 0.647. The Hall–Kier alpha value is -0.770. The summed E-state index contributed by atoms with van der Waals surface area (Å²) in [5, 5.41) is 4.66. The molecule has 0 radical (unpaired) electrons. The predicted octanol–water partition coefficient (Wildman–Crippen LogP) is 2.35. The first-order chi connectivity index (χ1) is 8.74. The predicted molar refractivity (Wildman–Crippen MR) is 75.7 cm³/mol. The lowest BCUT2D eigenvalue weighted by atomic mass is 10.00. The number of aliphatic imine (C=N–C) groups is 1. The highest BCUT2D eigenvalue weighted by Crippen LogP contribution is 2.32. The molecule has 0 saturated carbocycles. The van der Waals surface area contributed by atoms with Crippen LogP contribution in [-0.2, 0) is 13.0 Å². The summed E-state index contributed by atoms with van der Waals surface area (Å²) in [6.07, 6.45) is 1.03. The molecule has 1 N–H and O–H groups in total. The van der Waals surface area contributed by atoms with Gasteiger partial charge in [-0.15, -0.1) is 0 Å². The van der Waals surface area contributed by atoms with E-state index in [4.69, 9.17) is 23.2 Å². The van der Waals surface area contributed by atoms with Gasteiger partial charge in [0.2, 0.25) is 0 Å². The summed E-state index contributed by atoms with van der Waals surface area (Å²) in [6, 6.07) is 3.98. The summed E-state index contributed by atoms with van der Waals surface area (Å²) in [5.41, 5.74) is 2.50. The number of hydrogen-bond acceptors (Lipinski definition) is 3. The van der Waals surface area contributed by atoms with E-state index in [0.29, 0.717) is 10.0 Å². The maximum absolute atomic E-state index is 6.29. The fraction of sp³-hybridized carbons (Fsp3) is 0.462. The second-order valence-electron chi connectivity index (χ2n) is 4.71. The zero-order valence-corrected chi connectivity index (χ0v) is 11.6. The maximum Gasteiger partial charge on any atom is 0.111 e. The molecule has 0 aromatic heterocycles. The third-order valence-corrected chi connectivity index (χ3v) is 4.33. The number of fused-ring (bicyclic) bond motifs is 1. The van der Waals surface area contributed by atoms with Crippen LogP contribution in [0, 0.1) is 0 Å². The van der Waals surface area contributed by atoms with Gasteiger partial charge in [-0.2, -0.15) is 0 Å². The molecule has 0 unspecified atom stereocenters. The van der Waals surface area contributed by atoms with Crippen molar-refractivity contribution in [3.63, 3.8) is 0 Å². The molecule has 2 aliphatic heterocycles. The van der Waals surface area contributed by atoms with Crippen LogP contribution in [0.15, 0.2) is 17.1 Å². The van der Waals surface area contributed by atoms with Crippen LogP contribution < -0.4 is 5.32 Å². The first kappa shape index (κ1) is 12.3. The van der Waals surface area contributed by atoms with Crippen molar-refractivity contribution in [3.05, 3.63) is 33.3 Å². The van der Waals surface area contributed by atoms with E-state index in [1.807, 2.05) is 6.07 Å². The first-order valence-electron chi connectivity index (χ1n) is 6.19. The molecule has 2 heterocycles. The van der Waals surface area contributed by atoms with E-state index in [-0.39, 0.29) is 0 Å². The van der Waals surface area contributed by atoms with E-state index >= 15 is 0 Å². The van der Waals surface area contributed by atoms with E-state index in [9.17, 15) is 0 Å². The molecule has 18 heavy (non-hydrogen) atoms. The average Bonchev–Trinajstić information content (AvgIpc) is 2.87. The number of rotatable bonds is 2. The Labute approximate surface area is 117 Å². The smallest absolute Gasteiger partial charge is 0.111 e. The summed E-state index contributed by atoms with van der Waals surface area (Å²) in [5.74, 6) is 1.09. The van der Waals surface area contributed by atoms with E-state index < -0.39 is 0 Å². The monoisotopic (exact) mass is 283 g/mol. The third kappa shape index (κ3) is 2.35. The normalized spacial score (nSPS) is 19.3. The number of halogens is 2. The average molecular weight is 284 g/mol. The highest BCUT2D eigenvalue weighted by Gasteiger charge is 2.21. The molecule has 3 nitrogen and oxygen atoms in total. The van der Waals surface area contributed by atoms with Gasteiger partial charge in [0.25, 0.3) is 0 Å².